The van der Waals surface area contributed by atoms with Gasteiger partial charge >= 0.3 is 10.4 Å². The third kappa shape index (κ3) is 17.4. The van der Waals surface area contributed by atoms with Crippen molar-refractivity contribution in [3.63, 3.8) is 0 Å². The van der Waals surface area contributed by atoms with Gasteiger partial charge in [0, 0.05) is 7.05 Å². The molecule has 8 N–H and O–H groups in total. The molecule has 40 heteroatoms. The Morgan fingerprint density at radius 1 is 0.535 bits per heavy atom. The summed E-state index contributed by atoms with van der Waals surface area (Å²) >= 11 is 0.142. The summed E-state index contributed by atoms with van der Waals surface area (Å²) in [6.07, 6.45) is 0. The Morgan fingerprint density at radius 3 is 1.39 bits per heavy atom. The molecule has 0 spiro atoms. The first-order valence-corrected chi connectivity index (χ1v) is 28.7. The number of anilines is 2. The van der Waals surface area contributed by atoms with Gasteiger partial charge in [-0.05, 0) is 66.7 Å². The predicted molar refractivity (Wildman–Crippen MR) is 242 cm³/mol. The van der Waals surface area contributed by atoms with Crippen molar-refractivity contribution in [1.29, 1.82) is 0 Å². The van der Waals surface area contributed by atoms with Crippen LogP contribution in [-0.4, -0.2) is 119 Å². The van der Waals surface area contributed by atoms with Crippen molar-refractivity contribution in [2.45, 2.75) is 24.5 Å². The molecule has 32 nitrogen and oxygen atoms in total. The molecule has 0 atom stereocenters. The molecule has 0 bridgehead atoms. The van der Waals surface area contributed by atoms with Crippen LogP contribution < -0.4 is 11.1 Å². The van der Waals surface area contributed by atoms with Crippen molar-refractivity contribution in [3.05, 3.63) is 66.7 Å². The SMILES string of the molecule is CNc1c(N=Nc2ccc(S(=O)(=O)CCOSOOO)cc2S(=O)(=O)O)cc(N=Nc2ccc(S(=O)(=O)CCOSOOO)cc2S(=O)(=O)O)c(N)c1N=Nc1ccc(S(=O)(=O)CCOS(=O)(=O)O)cc1. The molecule has 0 saturated carbocycles. The van der Waals surface area contributed by atoms with Crippen molar-refractivity contribution < 1.29 is 106 Å². The number of nitrogens with two attached hydrogens (primary N) is 1. The number of sulfone groups is 3. The van der Waals surface area contributed by atoms with Crippen molar-refractivity contribution in [2.24, 2.45) is 30.7 Å². The number of hydrogen-bond acceptors (Lipinski definition) is 31. The number of nitrogens with one attached hydrogen (secondary N) is 1. The van der Waals surface area contributed by atoms with E-state index < -0.39 is 140 Å². The summed E-state index contributed by atoms with van der Waals surface area (Å²) in [6.45, 7) is -2.04. The van der Waals surface area contributed by atoms with Gasteiger partial charge in [0.25, 0.3) is 20.2 Å². The third-order valence-corrected chi connectivity index (χ3v) is 16.4. The summed E-state index contributed by atoms with van der Waals surface area (Å²) in [5, 5.41) is 49.4. The van der Waals surface area contributed by atoms with Gasteiger partial charge in [0.1, 0.15) is 38.2 Å². The van der Waals surface area contributed by atoms with Gasteiger partial charge in [-0.15, -0.1) is 34.2 Å². The average Bonchev–Trinajstić information content (AvgIpc) is 3.28. The standard InChI is InChI=1S/C31H34N8O24S8/c1-33-30-26(38-36-24-9-7-22(17-28(24)70(51,52)53)68(46,47)14-11-58-65-63-61-41)18-25(29(32)31(30)39-34-19-2-4-20(5-3-19)66(42,43)15-12-59-71(54,55)56)37-35-23-8-6-21(16-27(23)69(48,49)50)67(44,45)13-10-57-64-62-60-40/h2-9,16-18,33,40-41H,10-15,32H2,1H3,(H,48,49,50)(H,51,52,53)(H,54,55,56). The Kier molecular flexibility index (Phi) is 20.9. The van der Waals surface area contributed by atoms with Crippen LogP contribution >= 0.6 is 24.6 Å². The number of hydrogen-bond donors (Lipinski definition) is 7. The van der Waals surface area contributed by atoms with E-state index in [1.165, 1.54) is 7.05 Å². The van der Waals surface area contributed by atoms with Gasteiger partial charge in [0.2, 0.25) is 0 Å². The number of azo groups is 3. The lowest BCUT2D eigenvalue weighted by Gasteiger charge is -2.13. The van der Waals surface area contributed by atoms with Gasteiger partial charge in [-0.25, -0.2) is 40.0 Å². The highest BCUT2D eigenvalue weighted by Crippen LogP contribution is 2.47. The lowest BCUT2D eigenvalue weighted by molar-refractivity contribution is -0.434. The minimum Gasteiger partial charge on any atom is -0.395 e. The molecule has 0 aliphatic rings. The summed E-state index contributed by atoms with van der Waals surface area (Å²) in [7, 11) is -27.0. The molecule has 0 aromatic heterocycles. The molecule has 0 unspecified atom stereocenters. The monoisotopic (exact) mass is 1160 g/mol. The first-order valence-electron chi connectivity index (χ1n) is 18.2. The average molecular weight is 1160 g/mol. The molecule has 4 rings (SSSR count). The molecule has 0 fully saturated rings. The molecule has 0 aliphatic heterocycles. The molecule has 4 aromatic carbocycles. The minimum absolute atomic E-state index is 0.0499. The summed E-state index contributed by atoms with van der Waals surface area (Å²) in [5.74, 6) is -2.40. The van der Waals surface area contributed by atoms with Crippen LogP contribution in [0.2, 0.25) is 0 Å². The molecule has 0 amide bonds. The fourth-order valence-corrected chi connectivity index (χ4v) is 11.0. The van der Waals surface area contributed by atoms with E-state index in [9.17, 15) is 59.6 Å². The Bertz CT molecular complexity index is 3350. The normalized spacial score (nSPS) is 13.2. The first kappa shape index (κ1) is 58.8. The van der Waals surface area contributed by atoms with Crippen molar-refractivity contribution in [3.8, 4) is 0 Å². The second-order valence-electron chi connectivity index (χ2n) is 12.9. The topological polar surface area (TPSA) is 483 Å². The molecule has 0 radical (unpaired) electrons. The molecular weight excluding hydrogens is 1120 g/mol. The third-order valence-electron chi connectivity index (χ3n) is 8.34. The van der Waals surface area contributed by atoms with Crippen LogP contribution in [0, 0.1) is 0 Å². The largest absolute Gasteiger partial charge is 0.397 e. The van der Waals surface area contributed by atoms with E-state index in [0.29, 0.717) is 12.1 Å². The van der Waals surface area contributed by atoms with Crippen LogP contribution in [0.3, 0.4) is 0 Å². The van der Waals surface area contributed by atoms with E-state index in [-0.39, 0.29) is 52.3 Å². The Balaban J connectivity index is 1.86. The second kappa shape index (κ2) is 25.2. The summed E-state index contributed by atoms with van der Waals surface area (Å²) in [6, 6.07) is 10.1. The van der Waals surface area contributed by atoms with Crippen LogP contribution in [0.5, 0.6) is 0 Å². The molecular formula is C31H34N8O24S8. The van der Waals surface area contributed by atoms with E-state index >= 15 is 0 Å². The maximum Gasteiger partial charge on any atom is 0.397 e. The van der Waals surface area contributed by atoms with E-state index in [0.717, 1.165) is 54.6 Å². The maximum atomic E-state index is 12.9. The van der Waals surface area contributed by atoms with E-state index in [1.54, 1.807) is 0 Å². The zero-order chi connectivity index (χ0) is 52.8. The molecule has 4 aromatic rings. The smallest absolute Gasteiger partial charge is 0.395 e. The fourth-order valence-electron chi connectivity index (χ4n) is 5.19. The van der Waals surface area contributed by atoms with Gasteiger partial charge in [0.05, 0.1) is 68.8 Å². The number of rotatable bonds is 28. The summed E-state index contributed by atoms with van der Waals surface area (Å²) in [5.41, 5.74) is 3.31. The van der Waals surface area contributed by atoms with Crippen LogP contribution in [-0.2, 0) is 91.4 Å². The van der Waals surface area contributed by atoms with Gasteiger partial charge in [-0.2, -0.15) is 30.4 Å². The van der Waals surface area contributed by atoms with Gasteiger partial charge < -0.3 is 11.1 Å². The van der Waals surface area contributed by atoms with Crippen molar-refractivity contribution >= 4 is 130 Å². The van der Waals surface area contributed by atoms with E-state index in [2.05, 4.69) is 58.9 Å². The van der Waals surface area contributed by atoms with E-state index in [4.69, 9.17) is 29.2 Å². The number of benzene rings is 4. The van der Waals surface area contributed by atoms with Crippen LogP contribution in [0.4, 0.5) is 45.5 Å². The maximum absolute atomic E-state index is 12.9. The lowest BCUT2D eigenvalue weighted by Crippen LogP contribution is -2.15. The zero-order valence-corrected chi connectivity index (χ0v) is 41.6. The summed E-state index contributed by atoms with van der Waals surface area (Å²) < 4.78 is 199. The van der Waals surface area contributed by atoms with Gasteiger partial charge in [0.15, 0.2) is 54.2 Å². The van der Waals surface area contributed by atoms with E-state index in [1.807, 2.05) is 0 Å². The molecule has 0 heterocycles. The fraction of sp³-hybridized carbons (Fsp3) is 0.226. The Labute approximate surface area is 411 Å². The van der Waals surface area contributed by atoms with Crippen LogP contribution in [0.1, 0.15) is 0 Å². The summed E-state index contributed by atoms with van der Waals surface area (Å²) in [4.78, 5) is -3.74. The molecule has 390 valence electrons. The second-order valence-corrected chi connectivity index (χ2v) is 24.1. The Morgan fingerprint density at radius 2 is 0.958 bits per heavy atom. The molecule has 0 saturated heterocycles. The first-order chi connectivity index (χ1) is 33.1. The highest BCUT2D eigenvalue weighted by molar-refractivity contribution is 7.92. The van der Waals surface area contributed by atoms with Crippen molar-refractivity contribution in [1.82, 2.24) is 0 Å². The van der Waals surface area contributed by atoms with Crippen molar-refractivity contribution in [2.75, 3.05) is 55.2 Å². The predicted octanol–water partition coefficient (Wildman–Crippen LogP) is 5.19. The number of nitrogen functional groups attached to an aromatic ring is 1. The molecule has 0 aliphatic carbocycles. The van der Waals surface area contributed by atoms with Crippen LogP contribution in [0.25, 0.3) is 0 Å². The highest BCUT2D eigenvalue weighted by atomic mass is 32.3. The zero-order valence-electron chi connectivity index (χ0n) is 35.1. The van der Waals surface area contributed by atoms with Crippen LogP contribution in [0.15, 0.2) is 122 Å². The van der Waals surface area contributed by atoms with Gasteiger partial charge in [-0.1, -0.05) is 10.1 Å². The quantitative estimate of drug-likeness (QED) is 0.00731. The van der Waals surface area contributed by atoms with Gasteiger partial charge in [-0.3, -0.25) is 22.0 Å². The highest BCUT2D eigenvalue weighted by Gasteiger charge is 2.25. The lowest BCUT2D eigenvalue weighted by atomic mass is 10.1. The molecule has 71 heavy (non-hydrogen) atoms. The number of nitrogens with zero attached hydrogens (tertiary/aromatic N) is 6. The Hall–Kier alpha value is -4.80. The minimum atomic E-state index is -5.27.